The number of benzene rings is 1. The second kappa shape index (κ2) is 7.37. The Hall–Kier alpha value is -2.24. The van der Waals surface area contributed by atoms with E-state index in [0.29, 0.717) is 12.8 Å². The smallest absolute Gasteiger partial charge is 0.328 e. The van der Waals surface area contributed by atoms with E-state index in [1.165, 1.54) is 7.11 Å². The van der Waals surface area contributed by atoms with E-state index in [4.69, 9.17) is 0 Å². The number of rotatable bonds is 6. The average molecular weight is 283 g/mol. The third-order valence-electron chi connectivity index (χ3n) is 2.63. The molecule has 0 heterocycles. The summed E-state index contributed by atoms with van der Waals surface area (Å²) in [5.41, 5.74) is -0.0728. The van der Waals surface area contributed by atoms with E-state index < -0.39 is 29.6 Å². The molecule has 1 amide bonds. The molecule has 0 unspecified atom stereocenters. The minimum atomic E-state index is -1.13. The van der Waals surface area contributed by atoms with Gasteiger partial charge < -0.3 is 10.1 Å². The second-order valence-corrected chi connectivity index (χ2v) is 4.04. The number of carbonyl (C=O) groups excluding carboxylic acids is 2. The van der Waals surface area contributed by atoms with Crippen LogP contribution in [-0.4, -0.2) is 25.0 Å². The highest BCUT2D eigenvalue weighted by Gasteiger charge is 2.21. The summed E-state index contributed by atoms with van der Waals surface area (Å²) in [4.78, 5) is 23.4. The van der Waals surface area contributed by atoms with Crippen molar-refractivity contribution >= 4 is 11.9 Å². The Balaban J connectivity index is 2.81. The fourth-order valence-corrected chi connectivity index (χ4v) is 1.55. The molecule has 0 saturated carbocycles. The monoisotopic (exact) mass is 283 g/mol. The number of esters is 1. The summed E-state index contributed by atoms with van der Waals surface area (Å²) in [6, 6.07) is 1.89. The number of hydrogen-bond acceptors (Lipinski definition) is 3. The normalized spacial score (nSPS) is 11.6. The molecular weight excluding hydrogens is 268 g/mol. The van der Waals surface area contributed by atoms with Gasteiger partial charge in [0.25, 0.3) is 5.91 Å². The van der Waals surface area contributed by atoms with Gasteiger partial charge in [0, 0.05) is 5.56 Å². The zero-order valence-electron chi connectivity index (χ0n) is 11.0. The molecule has 1 aromatic carbocycles. The minimum absolute atomic E-state index is 0.0728. The molecule has 1 aromatic rings. The molecule has 0 aliphatic heterocycles. The lowest BCUT2D eigenvalue weighted by Crippen LogP contribution is -2.41. The molecule has 1 N–H and O–H groups in total. The van der Waals surface area contributed by atoms with Crippen molar-refractivity contribution in [3.8, 4) is 0 Å². The lowest BCUT2D eigenvalue weighted by molar-refractivity contribution is -0.143. The van der Waals surface area contributed by atoms with Crippen molar-refractivity contribution in [2.75, 3.05) is 7.11 Å². The van der Waals surface area contributed by atoms with E-state index in [-0.39, 0.29) is 5.56 Å². The van der Waals surface area contributed by atoms with E-state index in [2.05, 4.69) is 16.6 Å². The Kier molecular flexibility index (Phi) is 5.83. The van der Waals surface area contributed by atoms with E-state index >= 15 is 0 Å². The Morgan fingerprint density at radius 1 is 1.40 bits per heavy atom. The van der Waals surface area contributed by atoms with Crippen LogP contribution in [0.25, 0.3) is 0 Å². The first-order chi connectivity index (χ1) is 9.49. The average Bonchev–Trinajstić information content (AvgIpc) is 2.45. The maximum absolute atomic E-state index is 13.0. The van der Waals surface area contributed by atoms with Crippen LogP contribution in [0.1, 0.15) is 23.2 Å². The van der Waals surface area contributed by atoms with Crippen molar-refractivity contribution in [1.29, 1.82) is 0 Å². The highest BCUT2D eigenvalue weighted by molar-refractivity contribution is 5.96. The van der Waals surface area contributed by atoms with Gasteiger partial charge >= 0.3 is 5.97 Å². The molecule has 1 rings (SSSR count). The minimum Gasteiger partial charge on any atom is -0.467 e. The van der Waals surface area contributed by atoms with Crippen LogP contribution in [0.3, 0.4) is 0 Å². The van der Waals surface area contributed by atoms with Gasteiger partial charge in [0.2, 0.25) is 0 Å². The highest BCUT2D eigenvalue weighted by atomic mass is 19.2. The van der Waals surface area contributed by atoms with Gasteiger partial charge in [-0.25, -0.2) is 13.6 Å². The molecule has 20 heavy (non-hydrogen) atoms. The fraction of sp³-hybridized carbons (Fsp3) is 0.286. The molecule has 0 saturated heterocycles. The Morgan fingerprint density at radius 2 is 2.10 bits per heavy atom. The molecule has 0 spiro atoms. The van der Waals surface area contributed by atoms with Gasteiger partial charge in [0.1, 0.15) is 6.04 Å². The van der Waals surface area contributed by atoms with Crippen molar-refractivity contribution in [3.05, 3.63) is 48.1 Å². The number of halogens is 2. The van der Waals surface area contributed by atoms with E-state index in [0.717, 1.165) is 18.2 Å². The van der Waals surface area contributed by atoms with Crippen LogP contribution >= 0.6 is 0 Å². The summed E-state index contributed by atoms with van der Waals surface area (Å²) < 4.78 is 30.4. The van der Waals surface area contributed by atoms with Gasteiger partial charge in [0.05, 0.1) is 7.11 Å². The summed E-state index contributed by atoms with van der Waals surface area (Å²) in [5, 5.41) is 2.42. The Bertz CT molecular complexity index is 517. The third-order valence-corrected chi connectivity index (χ3v) is 2.63. The van der Waals surface area contributed by atoms with Crippen molar-refractivity contribution in [2.45, 2.75) is 18.9 Å². The van der Waals surface area contributed by atoms with Crippen LogP contribution in [0.5, 0.6) is 0 Å². The second-order valence-electron chi connectivity index (χ2n) is 4.04. The van der Waals surface area contributed by atoms with Crippen molar-refractivity contribution in [2.24, 2.45) is 0 Å². The number of hydrogen-bond donors (Lipinski definition) is 1. The third kappa shape index (κ3) is 4.15. The number of carbonyl (C=O) groups is 2. The van der Waals surface area contributed by atoms with Crippen LogP contribution in [-0.2, 0) is 9.53 Å². The van der Waals surface area contributed by atoms with Crippen LogP contribution in [0.4, 0.5) is 8.78 Å². The summed E-state index contributed by atoms with van der Waals surface area (Å²) in [7, 11) is 1.20. The zero-order chi connectivity index (χ0) is 15.1. The summed E-state index contributed by atoms with van der Waals surface area (Å²) in [5.74, 6) is -3.46. The molecule has 6 heteroatoms. The molecular formula is C14H15F2NO3. The summed E-state index contributed by atoms with van der Waals surface area (Å²) in [6.07, 6.45) is 2.41. The molecule has 0 fully saturated rings. The Morgan fingerprint density at radius 3 is 2.65 bits per heavy atom. The van der Waals surface area contributed by atoms with Gasteiger partial charge in [-0.3, -0.25) is 4.79 Å². The quantitative estimate of drug-likeness (QED) is 0.643. The van der Waals surface area contributed by atoms with Crippen molar-refractivity contribution in [1.82, 2.24) is 5.32 Å². The van der Waals surface area contributed by atoms with Crippen LogP contribution < -0.4 is 5.32 Å². The van der Waals surface area contributed by atoms with Gasteiger partial charge in [-0.1, -0.05) is 6.08 Å². The zero-order valence-corrected chi connectivity index (χ0v) is 11.0. The van der Waals surface area contributed by atoms with Crippen LogP contribution in [0.15, 0.2) is 30.9 Å². The fourth-order valence-electron chi connectivity index (χ4n) is 1.55. The molecule has 0 bridgehead atoms. The first-order valence-electron chi connectivity index (χ1n) is 5.94. The first kappa shape index (κ1) is 15.8. The maximum Gasteiger partial charge on any atom is 0.328 e. The predicted octanol–water partition coefficient (Wildman–Crippen LogP) is 2.20. The number of methoxy groups -OCH3 is 1. The molecule has 4 nitrogen and oxygen atoms in total. The lowest BCUT2D eigenvalue weighted by atomic mass is 10.1. The number of ether oxygens (including phenoxy) is 1. The lowest BCUT2D eigenvalue weighted by Gasteiger charge is -2.15. The van der Waals surface area contributed by atoms with Crippen molar-refractivity contribution < 1.29 is 23.1 Å². The van der Waals surface area contributed by atoms with E-state index in [1.807, 2.05) is 0 Å². The van der Waals surface area contributed by atoms with Crippen LogP contribution in [0, 0.1) is 11.6 Å². The number of allylic oxidation sites excluding steroid dienone is 1. The summed E-state index contributed by atoms with van der Waals surface area (Å²) >= 11 is 0. The van der Waals surface area contributed by atoms with E-state index in [1.54, 1.807) is 6.08 Å². The van der Waals surface area contributed by atoms with E-state index in [9.17, 15) is 18.4 Å². The molecule has 0 aliphatic carbocycles. The van der Waals surface area contributed by atoms with Crippen LogP contribution in [0.2, 0.25) is 0 Å². The van der Waals surface area contributed by atoms with Gasteiger partial charge in [-0.2, -0.15) is 0 Å². The first-order valence-corrected chi connectivity index (χ1v) is 5.94. The van der Waals surface area contributed by atoms with Gasteiger partial charge in [0.15, 0.2) is 11.6 Å². The molecule has 108 valence electrons. The maximum atomic E-state index is 13.0. The number of amides is 1. The Labute approximate surface area is 115 Å². The van der Waals surface area contributed by atoms with Gasteiger partial charge in [-0.15, -0.1) is 6.58 Å². The summed E-state index contributed by atoms with van der Waals surface area (Å²) in [6.45, 7) is 3.52. The predicted molar refractivity (Wildman–Crippen MR) is 69.1 cm³/mol. The van der Waals surface area contributed by atoms with Gasteiger partial charge in [-0.05, 0) is 31.0 Å². The molecule has 1 atom stereocenters. The molecule has 0 aromatic heterocycles. The standard InChI is InChI=1S/C14H15F2NO3/c1-3-4-5-12(14(19)20-2)17-13(18)9-6-7-10(15)11(16)8-9/h3,6-8,12H,1,4-5H2,2H3,(H,17,18)/t12-/m1/s1. The van der Waals surface area contributed by atoms with Crippen molar-refractivity contribution in [3.63, 3.8) is 0 Å². The SMILES string of the molecule is C=CCC[C@@H](NC(=O)c1ccc(F)c(F)c1)C(=O)OC. The topological polar surface area (TPSA) is 55.4 Å². The largest absolute Gasteiger partial charge is 0.467 e. The molecule has 0 aliphatic rings. The molecule has 0 radical (unpaired) electrons. The number of nitrogens with one attached hydrogen (secondary N) is 1. The highest BCUT2D eigenvalue weighted by Crippen LogP contribution is 2.09.